The molecule has 6 nitrogen and oxygen atoms in total. The number of hydrogen-bond donors (Lipinski definition) is 2. The van der Waals surface area contributed by atoms with Crippen molar-refractivity contribution in [2.45, 2.75) is 32.0 Å². The first kappa shape index (κ1) is 24.5. The van der Waals surface area contributed by atoms with Gasteiger partial charge in [0.15, 0.2) is 17.7 Å². The molecule has 1 aliphatic carbocycles. The molecule has 0 radical (unpaired) electrons. The molecule has 1 saturated heterocycles. The van der Waals surface area contributed by atoms with E-state index in [4.69, 9.17) is 9.47 Å². The van der Waals surface area contributed by atoms with Crippen LogP contribution in [0.25, 0.3) is 0 Å². The fourth-order valence-corrected chi connectivity index (χ4v) is 4.72. The van der Waals surface area contributed by atoms with Crippen LogP contribution in [0.15, 0.2) is 36.4 Å². The highest BCUT2D eigenvalue weighted by atomic mass is 19.2. The minimum Gasteiger partial charge on any atom is -0.492 e. The Morgan fingerprint density at radius 1 is 1.12 bits per heavy atom. The van der Waals surface area contributed by atoms with Crippen LogP contribution in [0.1, 0.15) is 18.1 Å². The summed E-state index contributed by atoms with van der Waals surface area (Å²) in [5.41, 5.74) is 1.05. The Balaban J connectivity index is 1.14. The summed E-state index contributed by atoms with van der Waals surface area (Å²) in [7, 11) is 0. The second-order valence-corrected chi connectivity index (χ2v) is 8.84. The summed E-state index contributed by atoms with van der Waals surface area (Å²) in [5.74, 6) is -2.22. The van der Waals surface area contributed by atoms with Crippen LogP contribution in [0.5, 0.6) is 5.75 Å². The van der Waals surface area contributed by atoms with Gasteiger partial charge in [-0.15, -0.1) is 0 Å². The Morgan fingerprint density at radius 2 is 1.79 bits per heavy atom. The maximum absolute atomic E-state index is 13.9. The third-order valence-electron chi connectivity index (χ3n) is 6.49. The lowest BCUT2D eigenvalue weighted by Crippen LogP contribution is -2.33. The number of rotatable bonds is 12. The number of nitrogens with zero attached hydrogens (tertiary/aromatic N) is 1. The van der Waals surface area contributed by atoms with Crippen LogP contribution >= 0.6 is 0 Å². The summed E-state index contributed by atoms with van der Waals surface area (Å²) in [6.45, 7) is 5.16. The van der Waals surface area contributed by atoms with E-state index in [1.165, 1.54) is 0 Å². The highest BCUT2D eigenvalue weighted by Gasteiger charge is 2.55. The zero-order valence-corrected chi connectivity index (χ0v) is 19.0. The second-order valence-electron chi connectivity index (χ2n) is 8.84. The van der Waals surface area contributed by atoms with Crippen molar-refractivity contribution in [3.05, 3.63) is 65.0 Å². The molecule has 184 valence electrons. The summed E-state index contributed by atoms with van der Waals surface area (Å²) in [5, 5.41) is 12.7. The van der Waals surface area contributed by atoms with Crippen LogP contribution < -0.4 is 10.1 Å². The van der Waals surface area contributed by atoms with Gasteiger partial charge in [0.05, 0.1) is 0 Å². The van der Waals surface area contributed by atoms with Gasteiger partial charge in [0, 0.05) is 56.9 Å². The predicted octanol–water partition coefficient (Wildman–Crippen LogP) is 3.23. The van der Waals surface area contributed by atoms with Crippen LogP contribution in [0.4, 0.5) is 13.2 Å². The van der Waals surface area contributed by atoms with Gasteiger partial charge in [-0.05, 0) is 42.5 Å². The molecule has 2 aliphatic rings. The van der Waals surface area contributed by atoms with Gasteiger partial charge in [-0.3, -0.25) is 4.90 Å². The van der Waals surface area contributed by atoms with Gasteiger partial charge < -0.3 is 19.9 Å². The van der Waals surface area contributed by atoms with Crippen LogP contribution in [0.3, 0.4) is 0 Å². The van der Waals surface area contributed by atoms with Crippen molar-refractivity contribution in [2.24, 2.45) is 11.8 Å². The van der Waals surface area contributed by atoms with E-state index < -0.39 is 29.5 Å². The van der Waals surface area contributed by atoms with Crippen molar-refractivity contribution in [1.82, 2.24) is 10.2 Å². The number of carboxylic acid groups (broad SMARTS) is 1. The number of ether oxygens (including phenoxy) is 2. The average Bonchev–Trinajstić information content (AvgIpc) is 3.25. The van der Waals surface area contributed by atoms with E-state index in [-0.39, 0.29) is 12.1 Å². The van der Waals surface area contributed by atoms with Crippen LogP contribution in [-0.2, 0) is 22.5 Å². The normalized spacial score (nSPS) is 22.4. The minimum absolute atomic E-state index is 0.181. The van der Waals surface area contributed by atoms with Gasteiger partial charge in [0.2, 0.25) is 0 Å². The monoisotopic (exact) mass is 478 g/mol. The molecule has 1 heterocycles. The van der Waals surface area contributed by atoms with Gasteiger partial charge in [-0.25, -0.2) is 18.0 Å². The van der Waals surface area contributed by atoms with Crippen molar-refractivity contribution in [2.75, 3.05) is 32.8 Å². The molecule has 1 saturated carbocycles. The zero-order chi connectivity index (χ0) is 24.2. The quantitative estimate of drug-likeness (QED) is 0.361. The topological polar surface area (TPSA) is 71.0 Å². The molecule has 2 aromatic carbocycles. The average molecular weight is 479 g/mol. The number of carbonyl (C=O) groups is 1. The number of hydrogen-bond acceptors (Lipinski definition) is 5. The molecule has 2 fully saturated rings. The Hall–Kier alpha value is -2.62. The first-order chi connectivity index (χ1) is 16.4. The second kappa shape index (κ2) is 10.8. The molecule has 0 amide bonds. The molecule has 2 N–H and O–H groups in total. The first-order valence-electron chi connectivity index (χ1n) is 11.5. The standard InChI is InChI=1S/C25H29F3N2O4/c1-2-33-23(25(31)32)9-15-3-5-17(6-4-15)34-8-7-29-24-18-13-30(14-19(18)24)12-16-10-21(27)22(28)11-20(16)26/h3-6,10-11,18-19,23-24,29H,2,7-9,12-14H2,1H3,(H,31,32)/t18-,19?,23-,24?/m0/s1. The van der Waals surface area contributed by atoms with Gasteiger partial charge in [-0.2, -0.15) is 0 Å². The first-order valence-corrected chi connectivity index (χ1v) is 11.5. The highest BCUT2D eigenvalue weighted by Crippen LogP contribution is 2.45. The number of halogens is 3. The number of likely N-dealkylation sites (tertiary alicyclic amines) is 1. The number of nitrogens with one attached hydrogen (secondary N) is 1. The van der Waals surface area contributed by atoms with Crippen molar-refractivity contribution >= 4 is 5.97 Å². The van der Waals surface area contributed by atoms with E-state index >= 15 is 0 Å². The summed E-state index contributed by atoms with van der Waals surface area (Å²) >= 11 is 0. The Kier molecular flexibility index (Phi) is 7.75. The molecule has 0 spiro atoms. The van der Waals surface area contributed by atoms with E-state index in [0.717, 1.165) is 24.7 Å². The number of carboxylic acids is 1. The molecule has 2 unspecified atom stereocenters. The molecule has 2 aromatic rings. The summed E-state index contributed by atoms with van der Waals surface area (Å²) in [4.78, 5) is 13.3. The van der Waals surface area contributed by atoms with E-state index in [9.17, 15) is 23.1 Å². The van der Waals surface area contributed by atoms with E-state index in [1.807, 2.05) is 24.3 Å². The lowest BCUT2D eigenvalue weighted by Gasteiger charge is -2.20. The lowest BCUT2D eigenvalue weighted by molar-refractivity contribution is -0.149. The Labute approximate surface area is 196 Å². The van der Waals surface area contributed by atoms with Crippen molar-refractivity contribution in [3.63, 3.8) is 0 Å². The zero-order valence-electron chi connectivity index (χ0n) is 19.0. The molecule has 4 atom stereocenters. The Bertz CT molecular complexity index is 992. The molecule has 0 bridgehead atoms. The predicted molar refractivity (Wildman–Crippen MR) is 119 cm³/mol. The number of benzene rings is 2. The molecule has 0 aromatic heterocycles. The van der Waals surface area contributed by atoms with Crippen LogP contribution in [0, 0.1) is 29.3 Å². The number of fused-ring (bicyclic) bond motifs is 1. The number of aliphatic carboxylic acids is 1. The summed E-state index contributed by atoms with van der Waals surface area (Å²) < 4.78 is 51.4. The van der Waals surface area contributed by atoms with Crippen LogP contribution in [-0.4, -0.2) is 61.0 Å². The van der Waals surface area contributed by atoms with Gasteiger partial charge in [0.25, 0.3) is 0 Å². The van der Waals surface area contributed by atoms with Gasteiger partial charge >= 0.3 is 5.97 Å². The van der Waals surface area contributed by atoms with Crippen LogP contribution in [0.2, 0.25) is 0 Å². The maximum atomic E-state index is 13.9. The largest absolute Gasteiger partial charge is 0.492 e. The van der Waals surface area contributed by atoms with Crippen molar-refractivity contribution in [1.29, 1.82) is 0 Å². The Morgan fingerprint density at radius 3 is 2.44 bits per heavy atom. The summed E-state index contributed by atoms with van der Waals surface area (Å²) in [6, 6.07) is 9.26. The molecular weight excluding hydrogens is 449 g/mol. The molecule has 1 aliphatic heterocycles. The smallest absolute Gasteiger partial charge is 0.333 e. The summed E-state index contributed by atoms with van der Waals surface area (Å²) in [6.07, 6.45) is -0.555. The minimum atomic E-state index is -1.17. The fourth-order valence-electron chi connectivity index (χ4n) is 4.72. The highest BCUT2D eigenvalue weighted by molar-refractivity contribution is 5.72. The number of piperidine rings is 1. The van der Waals surface area contributed by atoms with E-state index in [1.54, 1.807) is 6.92 Å². The van der Waals surface area contributed by atoms with E-state index in [0.29, 0.717) is 55.9 Å². The SMILES string of the molecule is CCO[C@@H](Cc1ccc(OCCNC2C3CN(Cc4cc(F)c(F)cc4F)C[C@@H]32)cc1)C(=O)O. The fraction of sp³-hybridized carbons (Fsp3) is 0.480. The lowest BCUT2D eigenvalue weighted by atomic mass is 10.1. The van der Waals surface area contributed by atoms with E-state index in [2.05, 4.69) is 10.2 Å². The molecule has 4 rings (SSSR count). The van der Waals surface area contributed by atoms with Crippen molar-refractivity contribution < 1.29 is 32.5 Å². The van der Waals surface area contributed by atoms with Gasteiger partial charge in [-0.1, -0.05) is 12.1 Å². The van der Waals surface area contributed by atoms with Crippen molar-refractivity contribution in [3.8, 4) is 5.75 Å². The molecular formula is C25H29F3N2O4. The maximum Gasteiger partial charge on any atom is 0.333 e. The molecule has 9 heteroatoms. The van der Waals surface area contributed by atoms with Gasteiger partial charge in [0.1, 0.15) is 18.2 Å². The third kappa shape index (κ3) is 5.89. The third-order valence-corrected chi connectivity index (χ3v) is 6.49. The molecule has 34 heavy (non-hydrogen) atoms.